The first-order chi connectivity index (χ1) is 13.5. The van der Waals surface area contributed by atoms with Crippen LogP contribution in [0.5, 0.6) is 11.5 Å². The van der Waals surface area contributed by atoms with Crippen LogP contribution in [-0.4, -0.2) is 42.3 Å². The van der Waals surface area contributed by atoms with Crippen molar-refractivity contribution >= 4 is 33.5 Å². The fourth-order valence-corrected chi connectivity index (χ4v) is 4.39. The van der Waals surface area contributed by atoms with Gasteiger partial charge in [0.15, 0.2) is 0 Å². The summed E-state index contributed by atoms with van der Waals surface area (Å²) in [4.78, 5) is 13.9. The molecule has 2 aromatic carbocycles. The van der Waals surface area contributed by atoms with Crippen LogP contribution in [-0.2, 0) is 4.79 Å². The minimum Gasteiger partial charge on any atom is -0.496 e. The minimum atomic E-state index is -0.823. The molecular formula is C21H23BrClNO4. The predicted octanol–water partition coefficient (Wildman–Crippen LogP) is 5.15. The molecule has 0 bridgehead atoms. The number of rotatable bonds is 7. The van der Waals surface area contributed by atoms with Crippen molar-refractivity contribution in [2.24, 2.45) is 0 Å². The molecule has 3 rings (SSSR count). The molecule has 1 fully saturated rings. The van der Waals surface area contributed by atoms with E-state index in [2.05, 4.69) is 15.9 Å². The summed E-state index contributed by atoms with van der Waals surface area (Å²) in [7, 11) is 1.60. The predicted molar refractivity (Wildman–Crippen MR) is 113 cm³/mol. The highest BCUT2D eigenvalue weighted by molar-refractivity contribution is 9.10. The Morgan fingerprint density at radius 3 is 2.68 bits per heavy atom. The molecule has 0 spiro atoms. The number of carbonyl (C=O) groups is 1. The molecule has 7 heteroatoms. The standard InChI is InChI=1S/C21H23BrClNO4/c1-3-28-19-8-6-13(22)11-15(19)20(24-10-4-5-17(24)21(25)26)16-12-14(23)7-9-18(16)27-2/h6-9,11-12,17,20H,3-5,10H2,1-2H3,(H,25,26). The average Bonchev–Trinajstić information content (AvgIpc) is 3.14. The highest BCUT2D eigenvalue weighted by Gasteiger charge is 2.39. The van der Waals surface area contributed by atoms with Crippen LogP contribution >= 0.6 is 27.5 Å². The lowest BCUT2D eigenvalue weighted by Gasteiger charge is -2.34. The largest absolute Gasteiger partial charge is 0.496 e. The fraction of sp³-hybridized carbons (Fsp3) is 0.381. The van der Waals surface area contributed by atoms with Crippen LogP contribution in [0.25, 0.3) is 0 Å². The maximum atomic E-state index is 11.9. The van der Waals surface area contributed by atoms with Gasteiger partial charge in [-0.1, -0.05) is 27.5 Å². The van der Waals surface area contributed by atoms with E-state index in [1.165, 1.54) is 0 Å². The molecule has 0 aliphatic carbocycles. The molecule has 0 saturated carbocycles. The lowest BCUT2D eigenvalue weighted by atomic mass is 9.94. The van der Waals surface area contributed by atoms with Crippen molar-refractivity contribution < 1.29 is 19.4 Å². The molecule has 2 atom stereocenters. The van der Waals surface area contributed by atoms with Gasteiger partial charge in [-0.05, 0) is 56.2 Å². The van der Waals surface area contributed by atoms with Crippen LogP contribution in [0.1, 0.15) is 36.9 Å². The van der Waals surface area contributed by atoms with Crippen molar-refractivity contribution in [3.63, 3.8) is 0 Å². The maximum Gasteiger partial charge on any atom is 0.320 e. The number of hydrogen-bond acceptors (Lipinski definition) is 4. The summed E-state index contributed by atoms with van der Waals surface area (Å²) in [6.45, 7) is 3.10. The topological polar surface area (TPSA) is 59.0 Å². The molecular weight excluding hydrogens is 446 g/mol. The van der Waals surface area contributed by atoms with Gasteiger partial charge in [0.2, 0.25) is 0 Å². The Balaban J connectivity index is 2.23. The van der Waals surface area contributed by atoms with Gasteiger partial charge in [-0.2, -0.15) is 0 Å². The number of halogens is 2. The zero-order chi connectivity index (χ0) is 20.3. The van der Waals surface area contributed by atoms with Crippen molar-refractivity contribution in [1.82, 2.24) is 4.90 Å². The first kappa shape index (κ1) is 21.0. The average molecular weight is 469 g/mol. The number of ether oxygens (including phenoxy) is 2. The monoisotopic (exact) mass is 467 g/mol. The van der Waals surface area contributed by atoms with E-state index in [9.17, 15) is 9.90 Å². The second kappa shape index (κ2) is 9.16. The van der Waals surface area contributed by atoms with Crippen LogP contribution in [0.15, 0.2) is 40.9 Å². The number of nitrogens with zero attached hydrogens (tertiary/aromatic N) is 1. The lowest BCUT2D eigenvalue weighted by molar-refractivity contribution is -0.142. The van der Waals surface area contributed by atoms with Gasteiger partial charge in [-0.25, -0.2) is 0 Å². The normalized spacial score (nSPS) is 18.1. The Hall–Kier alpha value is -1.76. The molecule has 1 aliphatic heterocycles. The third-order valence-corrected chi connectivity index (χ3v) is 5.69. The number of carboxylic acids is 1. The molecule has 28 heavy (non-hydrogen) atoms. The van der Waals surface area contributed by atoms with Gasteiger partial charge in [0.25, 0.3) is 0 Å². The van der Waals surface area contributed by atoms with Crippen LogP contribution in [0, 0.1) is 0 Å². The number of aliphatic carboxylic acids is 1. The number of likely N-dealkylation sites (tertiary alicyclic amines) is 1. The number of hydrogen-bond donors (Lipinski definition) is 1. The number of methoxy groups -OCH3 is 1. The van der Waals surface area contributed by atoms with Gasteiger partial charge in [-0.15, -0.1) is 0 Å². The third-order valence-electron chi connectivity index (χ3n) is 4.96. The summed E-state index contributed by atoms with van der Waals surface area (Å²) in [6.07, 6.45) is 1.42. The molecule has 1 N–H and O–H groups in total. The van der Waals surface area contributed by atoms with Gasteiger partial charge in [-0.3, -0.25) is 9.69 Å². The van der Waals surface area contributed by atoms with E-state index in [1.807, 2.05) is 42.2 Å². The van der Waals surface area contributed by atoms with Crippen LogP contribution in [0.2, 0.25) is 5.02 Å². The first-order valence-corrected chi connectivity index (χ1v) is 10.4. The van der Waals surface area contributed by atoms with Crippen LogP contribution < -0.4 is 9.47 Å². The minimum absolute atomic E-state index is 0.365. The van der Waals surface area contributed by atoms with Crippen molar-refractivity contribution in [2.45, 2.75) is 31.8 Å². The Bertz CT molecular complexity index is 860. The molecule has 150 valence electrons. The first-order valence-electron chi connectivity index (χ1n) is 9.20. The summed E-state index contributed by atoms with van der Waals surface area (Å²) in [5.74, 6) is 0.554. The molecule has 0 radical (unpaired) electrons. The van der Waals surface area contributed by atoms with Crippen molar-refractivity contribution in [3.8, 4) is 11.5 Å². The van der Waals surface area contributed by atoms with Crippen molar-refractivity contribution in [1.29, 1.82) is 0 Å². The van der Waals surface area contributed by atoms with E-state index in [1.54, 1.807) is 13.2 Å². The molecule has 1 saturated heterocycles. The lowest BCUT2D eigenvalue weighted by Crippen LogP contribution is -2.39. The third kappa shape index (κ3) is 4.29. The maximum absolute atomic E-state index is 11.9. The van der Waals surface area contributed by atoms with E-state index in [0.29, 0.717) is 36.1 Å². The van der Waals surface area contributed by atoms with Crippen molar-refractivity contribution in [3.05, 3.63) is 57.0 Å². The van der Waals surface area contributed by atoms with Crippen molar-refractivity contribution in [2.75, 3.05) is 20.3 Å². The molecule has 0 amide bonds. The van der Waals surface area contributed by atoms with Gasteiger partial charge >= 0.3 is 5.97 Å². The molecule has 1 heterocycles. The summed E-state index contributed by atoms with van der Waals surface area (Å²) in [5, 5.41) is 10.4. The van der Waals surface area contributed by atoms with Crippen LogP contribution in [0.3, 0.4) is 0 Å². The number of benzene rings is 2. The Morgan fingerprint density at radius 2 is 2.00 bits per heavy atom. The summed E-state index contributed by atoms with van der Waals surface area (Å²) < 4.78 is 12.4. The van der Waals surface area contributed by atoms with E-state index in [0.717, 1.165) is 22.0 Å². The molecule has 2 unspecified atom stereocenters. The molecule has 0 aromatic heterocycles. The highest BCUT2D eigenvalue weighted by atomic mass is 79.9. The Morgan fingerprint density at radius 1 is 1.29 bits per heavy atom. The van der Waals surface area contributed by atoms with Gasteiger partial charge in [0.1, 0.15) is 17.5 Å². The quantitative estimate of drug-likeness (QED) is 0.609. The second-order valence-corrected chi connectivity index (χ2v) is 7.99. The van der Waals surface area contributed by atoms with E-state index in [4.69, 9.17) is 21.1 Å². The van der Waals surface area contributed by atoms with Crippen LogP contribution in [0.4, 0.5) is 0 Å². The van der Waals surface area contributed by atoms with E-state index in [-0.39, 0.29) is 6.04 Å². The fourth-order valence-electron chi connectivity index (χ4n) is 3.83. The van der Waals surface area contributed by atoms with Gasteiger partial charge in [0.05, 0.1) is 19.8 Å². The second-order valence-electron chi connectivity index (χ2n) is 6.64. The molecule has 2 aromatic rings. The van der Waals surface area contributed by atoms with Gasteiger partial charge < -0.3 is 14.6 Å². The zero-order valence-electron chi connectivity index (χ0n) is 15.8. The summed E-state index contributed by atoms with van der Waals surface area (Å²) in [5.41, 5.74) is 1.70. The Labute approximate surface area is 178 Å². The van der Waals surface area contributed by atoms with Gasteiger partial charge in [0, 0.05) is 27.2 Å². The van der Waals surface area contributed by atoms with E-state index < -0.39 is 12.0 Å². The zero-order valence-corrected chi connectivity index (χ0v) is 18.2. The van der Waals surface area contributed by atoms with E-state index >= 15 is 0 Å². The summed E-state index contributed by atoms with van der Waals surface area (Å²) >= 11 is 9.86. The SMILES string of the molecule is CCOc1ccc(Br)cc1C(c1cc(Cl)ccc1OC)N1CCCC1C(=O)O. The highest BCUT2D eigenvalue weighted by Crippen LogP contribution is 2.43. The molecule has 1 aliphatic rings. The summed E-state index contributed by atoms with van der Waals surface area (Å²) in [6, 6.07) is 10.3. The number of carboxylic acid groups (broad SMARTS) is 1. The Kier molecular flexibility index (Phi) is 6.86. The smallest absolute Gasteiger partial charge is 0.320 e. The molecule has 5 nitrogen and oxygen atoms in total.